The van der Waals surface area contributed by atoms with Crippen molar-refractivity contribution in [2.75, 3.05) is 40.5 Å². The number of rotatable bonds is 9. The van der Waals surface area contributed by atoms with Crippen molar-refractivity contribution < 1.29 is 17.9 Å². The maximum Gasteiger partial charge on any atom is 0.282 e. The molecule has 1 aromatic rings. The van der Waals surface area contributed by atoms with Gasteiger partial charge in [0.1, 0.15) is 5.75 Å². The lowest BCUT2D eigenvalue weighted by molar-refractivity contribution is 0.184. The van der Waals surface area contributed by atoms with Crippen molar-refractivity contribution in [3.05, 3.63) is 29.8 Å². The zero-order valence-electron chi connectivity index (χ0n) is 15.5. The summed E-state index contributed by atoms with van der Waals surface area (Å²) in [6.07, 6.45) is 2.51. The van der Waals surface area contributed by atoms with Gasteiger partial charge in [0.15, 0.2) is 0 Å². The third kappa shape index (κ3) is 5.67. The van der Waals surface area contributed by atoms with E-state index in [1.54, 1.807) is 22.8 Å². The fraction of sp³-hybridized carbons (Fsp3) is 0.667. The van der Waals surface area contributed by atoms with E-state index in [0.717, 1.165) is 24.2 Å². The van der Waals surface area contributed by atoms with Crippen molar-refractivity contribution in [3.8, 4) is 5.75 Å². The van der Waals surface area contributed by atoms with Crippen LogP contribution in [-0.4, -0.2) is 57.5 Å². The summed E-state index contributed by atoms with van der Waals surface area (Å²) in [5.41, 5.74) is 0.922. The van der Waals surface area contributed by atoms with Gasteiger partial charge in [0.05, 0.1) is 7.11 Å². The molecule has 0 saturated carbocycles. The Morgan fingerprint density at radius 2 is 1.96 bits per heavy atom. The van der Waals surface area contributed by atoms with E-state index in [2.05, 4.69) is 6.92 Å². The van der Waals surface area contributed by atoms with Crippen LogP contribution in [0, 0.1) is 5.92 Å². The van der Waals surface area contributed by atoms with Crippen LogP contribution in [0.25, 0.3) is 0 Å². The molecule has 0 radical (unpaired) electrons. The predicted octanol–water partition coefficient (Wildman–Crippen LogP) is 2.51. The van der Waals surface area contributed by atoms with Gasteiger partial charge >= 0.3 is 0 Å². The third-order valence-electron chi connectivity index (χ3n) is 4.64. The summed E-state index contributed by atoms with van der Waals surface area (Å²) >= 11 is 0. The summed E-state index contributed by atoms with van der Waals surface area (Å²) < 4.78 is 39.8. The van der Waals surface area contributed by atoms with E-state index in [0.29, 0.717) is 45.1 Å². The Balaban J connectivity index is 2.15. The largest absolute Gasteiger partial charge is 0.497 e. The average molecular weight is 371 g/mol. The molecular formula is C18H30N2O4S. The first-order valence-corrected chi connectivity index (χ1v) is 10.2. The molecule has 1 heterocycles. The minimum absolute atomic E-state index is 0.343. The molecule has 0 aromatic heterocycles. The van der Waals surface area contributed by atoms with E-state index < -0.39 is 10.2 Å². The molecule has 6 nitrogen and oxygen atoms in total. The molecule has 1 aromatic carbocycles. The number of ether oxygens (including phenoxy) is 2. The van der Waals surface area contributed by atoms with Crippen LogP contribution in [0.4, 0.5) is 0 Å². The first-order valence-electron chi connectivity index (χ1n) is 8.84. The predicted molar refractivity (Wildman–Crippen MR) is 98.8 cm³/mol. The van der Waals surface area contributed by atoms with E-state index in [1.165, 1.54) is 0 Å². The average Bonchev–Trinajstić information content (AvgIpc) is 2.61. The Bertz CT molecular complexity index is 628. The van der Waals surface area contributed by atoms with E-state index in [-0.39, 0.29) is 0 Å². The maximum absolute atomic E-state index is 13.1. The van der Waals surface area contributed by atoms with Crippen molar-refractivity contribution in [3.63, 3.8) is 0 Å². The molecule has 142 valence electrons. The van der Waals surface area contributed by atoms with Gasteiger partial charge in [0.25, 0.3) is 10.2 Å². The van der Waals surface area contributed by atoms with Crippen LogP contribution >= 0.6 is 0 Å². The smallest absolute Gasteiger partial charge is 0.282 e. The molecule has 0 bridgehead atoms. The Hall–Kier alpha value is -1.15. The summed E-state index contributed by atoms with van der Waals surface area (Å²) in [5.74, 6) is 1.32. The van der Waals surface area contributed by atoms with Gasteiger partial charge < -0.3 is 9.47 Å². The van der Waals surface area contributed by atoms with Crippen molar-refractivity contribution in [2.24, 2.45) is 5.92 Å². The Kier molecular flexibility index (Phi) is 7.68. The van der Waals surface area contributed by atoms with Crippen LogP contribution in [-0.2, 0) is 21.5 Å². The standard InChI is InChI=1S/C18H30N2O4S/c1-16-8-11-19(12-9-16)25(21,22)20(10-5-13-23-2)15-17-6-4-7-18(14-17)24-3/h4,6-7,14,16H,5,8-13,15H2,1-3H3. The quantitative estimate of drug-likeness (QED) is 0.627. The molecular weight excluding hydrogens is 340 g/mol. The second kappa shape index (κ2) is 9.52. The lowest BCUT2D eigenvalue weighted by Crippen LogP contribution is -2.47. The molecule has 0 atom stereocenters. The van der Waals surface area contributed by atoms with Gasteiger partial charge in [-0.2, -0.15) is 17.0 Å². The molecule has 25 heavy (non-hydrogen) atoms. The highest BCUT2D eigenvalue weighted by molar-refractivity contribution is 7.86. The van der Waals surface area contributed by atoms with E-state index in [4.69, 9.17) is 9.47 Å². The molecule has 1 aliphatic heterocycles. The Labute approximate surface area is 151 Å². The fourth-order valence-electron chi connectivity index (χ4n) is 3.01. The second-order valence-electron chi connectivity index (χ2n) is 6.62. The van der Waals surface area contributed by atoms with Crippen LogP contribution in [0.2, 0.25) is 0 Å². The first kappa shape index (κ1) is 20.2. The summed E-state index contributed by atoms with van der Waals surface area (Å²) in [6, 6.07) is 7.56. The van der Waals surface area contributed by atoms with Crippen molar-refractivity contribution in [2.45, 2.75) is 32.7 Å². The van der Waals surface area contributed by atoms with Gasteiger partial charge in [-0.25, -0.2) is 0 Å². The molecule has 7 heteroatoms. The SMILES string of the molecule is COCCCN(Cc1cccc(OC)c1)S(=O)(=O)N1CCC(C)CC1. The van der Waals surface area contributed by atoms with Gasteiger partial charge in [-0.1, -0.05) is 19.1 Å². The molecule has 2 rings (SSSR count). The van der Waals surface area contributed by atoms with E-state index in [1.807, 2.05) is 24.3 Å². The van der Waals surface area contributed by atoms with Crippen LogP contribution in [0.5, 0.6) is 5.75 Å². The van der Waals surface area contributed by atoms with Crippen LogP contribution < -0.4 is 4.74 Å². The lowest BCUT2D eigenvalue weighted by atomic mass is 10.0. The highest BCUT2D eigenvalue weighted by atomic mass is 32.2. The zero-order valence-corrected chi connectivity index (χ0v) is 16.3. The van der Waals surface area contributed by atoms with E-state index >= 15 is 0 Å². The van der Waals surface area contributed by atoms with Gasteiger partial charge in [-0.3, -0.25) is 0 Å². The molecule has 1 aliphatic rings. The Morgan fingerprint density at radius 1 is 1.24 bits per heavy atom. The van der Waals surface area contributed by atoms with Crippen molar-refractivity contribution in [1.82, 2.24) is 8.61 Å². The molecule has 0 unspecified atom stereocenters. The fourth-order valence-corrected chi connectivity index (χ4v) is 4.69. The first-order chi connectivity index (χ1) is 12.0. The van der Waals surface area contributed by atoms with Gasteiger partial charge in [0.2, 0.25) is 0 Å². The normalized spacial score (nSPS) is 17.1. The number of piperidine rings is 1. The summed E-state index contributed by atoms with van der Waals surface area (Å²) in [4.78, 5) is 0. The van der Waals surface area contributed by atoms with Crippen LogP contribution in [0.15, 0.2) is 24.3 Å². The molecule has 0 amide bonds. The number of benzene rings is 1. The lowest BCUT2D eigenvalue weighted by Gasteiger charge is -2.34. The van der Waals surface area contributed by atoms with Crippen LogP contribution in [0.1, 0.15) is 31.7 Å². The van der Waals surface area contributed by atoms with Gasteiger partial charge in [0, 0.05) is 39.9 Å². The molecule has 1 fully saturated rings. The minimum Gasteiger partial charge on any atom is -0.497 e. The molecule has 0 spiro atoms. The van der Waals surface area contributed by atoms with E-state index in [9.17, 15) is 8.42 Å². The zero-order chi connectivity index (χ0) is 18.3. The molecule has 0 aliphatic carbocycles. The van der Waals surface area contributed by atoms with Crippen LogP contribution in [0.3, 0.4) is 0 Å². The van der Waals surface area contributed by atoms with Gasteiger partial charge in [-0.15, -0.1) is 0 Å². The topological polar surface area (TPSA) is 59.1 Å². The van der Waals surface area contributed by atoms with Gasteiger partial charge in [-0.05, 0) is 42.9 Å². The summed E-state index contributed by atoms with van der Waals surface area (Å²) in [7, 11) is -0.231. The third-order valence-corrected chi connectivity index (χ3v) is 6.63. The summed E-state index contributed by atoms with van der Waals surface area (Å²) in [5, 5.41) is 0. The highest BCUT2D eigenvalue weighted by Gasteiger charge is 2.31. The maximum atomic E-state index is 13.1. The molecule has 0 N–H and O–H groups in total. The van der Waals surface area contributed by atoms with Crippen molar-refractivity contribution in [1.29, 1.82) is 0 Å². The highest BCUT2D eigenvalue weighted by Crippen LogP contribution is 2.23. The molecule has 1 saturated heterocycles. The Morgan fingerprint density at radius 3 is 2.60 bits per heavy atom. The number of nitrogens with zero attached hydrogens (tertiary/aromatic N) is 2. The number of hydrogen-bond acceptors (Lipinski definition) is 4. The second-order valence-corrected chi connectivity index (χ2v) is 8.55. The number of methoxy groups -OCH3 is 2. The minimum atomic E-state index is -3.48. The number of hydrogen-bond donors (Lipinski definition) is 0. The monoisotopic (exact) mass is 370 g/mol. The summed E-state index contributed by atoms with van der Waals surface area (Å²) in [6.45, 7) is 4.71. The van der Waals surface area contributed by atoms with Crippen molar-refractivity contribution >= 4 is 10.2 Å².